The van der Waals surface area contributed by atoms with Gasteiger partial charge in [0.15, 0.2) is 0 Å². The molecular formula is C105H66N16O2Si2. The van der Waals surface area contributed by atoms with Crippen LogP contribution in [-0.2, 0) is 0 Å². The molecule has 2 unspecified atom stereocenters. The fourth-order valence-electron chi connectivity index (χ4n) is 20.5. The molecule has 3 aliphatic rings. The fraction of sp³-hybridized carbons (Fsp3) is 0.0190. The maximum Gasteiger partial charge on any atom is 0.241 e. The summed E-state index contributed by atoms with van der Waals surface area (Å²) in [5, 5.41) is 12.5. The third-order valence-corrected chi connectivity index (χ3v) is 34.9. The van der Waals surface area contributed by atoms with Gasteiger partial charge in [-0.15, -0.1) is 0 Å². The number of benzene rings is 15. The molecule has 11 heterocycles. The number of nitrogens with zero attached hydrogens (tertiary/aromatic N) is 16. The average molecular weight is 1640 g/mol. The third-order valence-electron chi connectivity index (χ3n) is 25.9. The van der Waals surface area contributed by atoms with E-state index in [2.05, 4.69) is 396 Å². The summed E-state index contributed by atoms with van der Waals surface area (Å²) in [7, 11) is -7.46. The zero-order chi connectivity index (χ0) is 81.7. The first-order chi connectivity index (χ1) is 62.0. The molecule has 125 heavy (non-hydrogen) atoms. The van der Waals surface area contributed by atoms with Crippen molar-refractivity contribution in [1.82, 2.24) is 62.4 Å². The van der Waals surface area contributed by atoms with Crippen LogP contribution in [0.1, 0.15) is 0 Å². The number of furan rings is 2. The van der Waals surface area contributed by atoms with Gasteiger partial charge in [0.2, 0.25) is 57.5 Å². The normalized spacial score (nSPS) is 14.7. The zero-order valence-corrected chi connectivity index (χ0v) is 68.6. The van der Waals surface area contributed by atoms with Gasteiger partial charge < -0.3 is 13.7 Å². The van der Waals surface area contributed by atoms with E-state index < -0.39 is 16.1 Å². The summed E-state index contributed by atoms with van der Waals surface area (Å²) in [4.78, 5) is 56.9. The fourth-order valence-corrected chi connectivity index (χ4v) is 29.4. The van der Waals surface area contributed by atoms with Crippen LogP contribution in [0.4, 0.5) is 17.3 Å². The number of para-hydroxylation sites is 12. The minimum Gasteiger partial charge on any atom is -0.456 e. The van der Waals surface area contributed by atoms with Gasteiger partial charge in [0.05, 0.1) is 78.6 Å². The van der Waals surface area contributed by atoms with Gasteiger partial charge in [0, 0.05) is 37.5 Å². The Hall–Kier alpha value is -16.6. The Balaban J connectivity index is 0.674. The van der Waals surface area contributed by atoms with Gasteiger partial charge >= 0.3 is 0 Å². The van der Waals surface area contributed by atoms with E-state index in [0.29, 0.717) is 46.2 Å². The van der Waals surface area contributed by atoms with Gasteiger partial charge in [-0.3, -0.25) is 13.4 Å². The largest absolute Gasteiger partial charge is 0.456 e. The van der Waals surface area contributed by atoms with Crippen LogP contribution in [0.2, 0.25) is 0 Å². The Bertz CT molecular complexity index is 8690. The lowest BCUT2D eigenvalue weighted by Crippen LogP contribution is -2.76. The first-order valence-electron chi connectivity index (χ1n) is 42.0. The van der Waals surface area contributed by atoms with Gasteiger partial charge in [0.25, 0.3) is 0 Å². The lowest BCUT2D eigenvalue weighted by Gasteiger charge is -2.33. The van der Waals surface area contributed by atoms with E-state index in [-0.39, 0.29) is 12.1 Å². The number of allylic oxidation sites excluding steroid dienone is 2. The van der Waals surface area contributed by atoms with Crippen molar-refractivity contribution in [2.24, 2.45) is 4.99 Å². The molecule has 0 saturated heterocycles. The maximum atomic E-state index is 7.18. The quantitative estimate of drug-likeness (QED) is 0.0791. The number of fused-ring (bicyclic) bond motifs is 24. The molecule has 0 saturated carbocycles. The summed E-state index contributed by atoms with van der Waals surface area (Å²) in [6.45, 7) is 0. The van der Waals surface area contributed by atoms with Crippen LogP contribution in [0, 0.1) is 0 Å². The lowest BCUT2D eigenvalue weighted by atomic mass is 10.0. The molecule has 18 nitrogen and oxygen atoms in total. The molecule has 20 heteroatoms. The highest BCUT2D eigenvalue weighted by atomic mass is 28.3. The second-order valence-electron chi connectivity index (χ2n) is 32.4. The molecule has 2 aliphatic heterocycles. The molecule has 0 spiro atoms. The van der Waals surface area contributed by atoms with Crippen molar-refractivity contribution in [1.29, 1.82) is 0 Å². The predicted octanol–water partition coefficient (Wildman–Crippen LogP) is 17.1. The van der Waals surface area contributed by atoms with Gasteiger partial charge in [0.1, 0.15) is 33.2 Å². The third kappa shape index (κ3) is 9.84. The van der Waals surface area contributed by atoms with E-state index in [1.54, 1.807) is 0 Å². The SMILES string of the molecule is C1=CC2N=C3N(c4nc(-n5c6ccccc6n6c7ccc(-c8ccc9c(c8)c8ccccc8n9-c8nc(-n9c%10ccccc%10n%10c%11ccccc%11nc9%10)nc([Si](c9ccccc9)(c9ccccc9)c9cccc%10c9oc9ccccc9%10)n8)cc7nc56)nc([Si](c5ccccc5)(c5ccccc5)c5ccc6oc7ccccc7c6c5)n4)c4ccccc4N3C2C=C1. The lowest BCUT2D eigenvalue weighted by molar-refractivity contribution is 0.669. The molecule has 0 amide bonds. The number of hydrogen-bond acceptors (Lipinski definition) is 13. The van der Waals surface area contributed by atoms with Crippen LogP contribution >= 0.6 is 0 Å². The predicted molar refractivity (Wildman–Crippen MR) is 505 cm³/mol. The van der Waals surface area contributed by atoms with Gasteiger partial charge in [-0.1, -0.05) is 291 Å². The molecular weight excluding hydrogens is 1570 g/mol. The molecule has 0 N–H and O–H groups in total. The number of hydrogen-bond donors (Lipinski definition) is 0. The molecule has 15 aromatic carbocycles. The Labute approximate surface area is 713 Å². The number of aromatic nitrogens is 13. The Morgan fingerprint density at radius 2 is 0.752 bits per heavy atom. The van der Waals surface area contributed by atoms with E-state index in [1.807, 2.05) is 24.3 Å². The van der Waals surface area contributed by atoms with Crippen LogP contribution in [0.5, 0.6) is 0 Å². The highest BCUT2D eigenvalue weighted by Crippen LogP contribution is 2.47. The zero-order valence-electron chi connectivity index (χ0n) is 66.6. The second-order valence-corrected chi connectivity index (χ2v) is 39.7. The van der Waals surface area contributed by atoms with Crippen LogP contribution in [0.15, 0.2) is 402 Å². The van der Waals surface area contributed by atoms with E-state index >= 15 is 0 Å². The smallest absolute Gasteiger partial charge is 0.241 e. The van der Waals surface area contributed by atoms with E-state index in [9.17, 15) is 0 Å². The standard InChI is InChI=1S/C105H66N16O2Si2/c1-5-30-67(31-6-1)124(68-32-7-2-8-33-68,71-58-61-94-77(64-71)74-40-15-27-53-92(74)122-94)101-112-99(120-90-51-25-22-48-87(90)117-84-46-20-17-43-79(84)107-104(117)120)110-100(113-101)121-91-52-26-23-49-88(91)118-85-60-57-66(63-80(85)108-105(118)121)65-56-59-82-76(62-65)72-38-13-18-44-81(72)115(82)97-109-98(119-89-50-24-21-47-86(89)116-83-45-19-16-42-78(83)106-103(116)119)114-102(111-97)125(69-34-9-3-10-35-69,70-36-11-4-12-37-70)95-55-29-41-75-73-39-14-28-54-93(73)123-96(75)95/h1-64,79,84H. The number of imidazole rings is 4. The van der Waals surface area contributed by atoms with Crippen LogP contribution in [-0.4, -0.2) is 96.6 Å². The van der Waals surface area contributed by atoms with Crippen LogP contribution < -0.4 is 51.8 Å². The monoisotopic (exact) mass is 1640 g/mol. The summed E-state index contributed by atoms with van der Waals surface area (Å²) in [6.07, 6.45) is 8.63. The maximum absolute atomic E-state index is 7.18. The summed E-state index contributed by atoms with van der Waals surface area (Å²) < 4.78 is 24.7. The van der Waals surface area contributed by atoms with E-state index in [1.165, 1.54) is 0 Å². The first-order valence-corrected chi connectivity index (χ1v) is 46.0. The van der Waals surface area contributed by atoms with Gasteiger partial charge in [-0.25, -0.2) is 48.9 Å². The topological polar surface area (TPSA) is 172 Å². The minimum atomic E-state index is -3.77. The second kappa shape index (κ2) is 26.5. The van der Waals surface area contributed by atoms with Crippen molar-refractivity contribution in [2.45, 2.75) is 12.1 Å². The van der Waals surface area contributed by atoms with E-state index in [4.69, 9.17) is 53.7 Å². The van der Waals surface area contributed by atoms with Crippen molar-refractivity contribution >= 4 is 203 Å². The Kier molecular flexibility index (Phi) is 14.7. The van der Waals surface area contributed by atoms with Crippen molar-refractivity contribution in [2.75, 3.05) is 9.80 Å². The van der Waals surface area contributed by atoms with Crippen molar-refractivity contribution in [3.8, 4) is 29.0 Å². The molecule has 1 aliphatic carbocycles. The molecule has 0 radical (unpaired) electrons. The summed E-state index contributed by atoms with van der Waals surface area (Å²) in [6, 6.07) is 129. The van der Waals surface area contributed by atoms with Crippen molar-refractivity contribution in [3.05, 3.63) is 388 Å². The summed E-state index contributed by atoms with van der Waals surface area (Å²) in [5.41, 5.74) is 17.3. The number of anilines is 3. The minimum absolute atomic E-state index is 0.0528. The van der Waals surface area contributed by atoms with Gasteiger partial charge in [-0.05, 0) is 134 Å². The van der Waals surface area contributed by atoms with E-state index in [0.717, 1.165) is 169 Å². The molecule has 586 valence electrons. The molecule has 0 bridgehead atoms. The van der Waals surface area contributed by atoms with Crippen molar-refractivity contribution < 1.29 is 8.83 Å². The number of aliphatic imine (C=N–C) groups is 1. The molecule has 27 rings (SSSR count). The molecule has 9 aromatic heterocycles. The van der Waals surface area contributed by atoms with Crippen molar-refractivity contribution in [3.63, 3.8) is 0 Å². The molecule has 0 fully saturated rings. The summed E-state index contributed by atoms with van der Waals surface area (Å²) >= 11 is 0. The number of rotatable bonds is 13. The Morgan fingerprint density at radius 1 is 0.280 bits per heavy atom. The Morgan fingerprint density at radius 3 is 1.42 bits per heavy atom. The number of guanidine groups is 1. The molecule has 2 atom stereocenters. The average Bonchev–Trinajstić information content (AvgIpc) is 1.69. The first kappa shape index (κ1) is 69.3. The highest BCUT2D eigenvalue weighted by molar-refractivity contribution is 7.20. The molecule has 24 aromatic rings. The van der Waals surface area contributed by atoms with Crippen LogP contribution in [0.3, 0.4) is 0 Å². The highest BCUT2D eigenvalue weighted by Gasteiger charge is 2.51. The van der Waals surface area contributed by atoms with Gasteiger partial charge in [-0.2, -0.15) is 9.97 Å². The van der Waals surface area contributed by atoms with Crippen LogP contribution in [0.25, 0.3) is 150 Å². The summed E-state index contributed by atoms with van der Waals surface area (Å²) in [5.74, 6) is 3.73.